The minimum Gasteiger partial charge on any atom is -0.303 e. The molecule has 1 fully saturated rings. The smallest absolute Gasteiger partial charge is 0.303 e. The van der Waals surface area contributed by atoms with E-state index in [0.29, 0.717) is 24.5 Å². The third-order valence-corrected chi connectivity index (χ3v) is 5.71. The highest BCUT2D eigenvalue weighted by Crippen LogP contribution is 2.30. The fourth-order valence-electron chi connectivity index (χ4n) is 3.69. The number of piperidine rings is 1. The lowest BCUT2D eigenvalue weighted by atomic mass is 9.88. The lowest BCUT2D eigenvalue weighted by Gasteiger charge is -2.32. The zero-order valence-corrected chi connectivity index (χ0v) is 17.6. The molecule has 0 bridgehead atoms. The van der Waals surface area contributed by atoms with Gasteiger partial charge in [0.25, 0.3) is 0 Å². The van der Waals surface area contributed by atoms with Crippen LogP contribution in [0.5, 0.6) is 0 Å². The number of rotatable bonds is 8. The second-order valence-corrected chi connectivity index (χ2v) is 9.10. The third-order valence-electron chi connectivity index (χ3n) is 5.71. The van der Waals surface area contributed by atoms with E-state index in [1.807, 2.05) is 20.8 Å². The number of hydrogen-bond acceptors (Lipinski definition) is 3. The van der Waals surface area contributed by atoms with Crippen molar-refractivity contribution >= 4 is 11.6 Å². The lowest BCUT2D eigenvalue weighted by Crippen LogP contribution is -2.35. The molecule has 29 heavy (non-hydrogen) atoms. The summed E-state index contributed by atoms with van der Waals surface area (Å²) < 4.78 is 38.4. The van der Waals surface area contributed by atoms with Crippen LogP contribution in [0.3, 0.4) is 0 Å². The van der Waals surface area contributed by atoms with Crippen LogP contribution < -0.4 is 0 Å². The van der Waals surface area contributed by atoms with Gasteiger partial charge in [0, 0.05) is 23.8 Å². The van der Waals surface area contributed by atoms with Crippen LogP contribution in [0.15, 0.2) is 24.3 Å². The first-order valence-electron chi connectivity index (χ1n) is 10.4. The average molecular weight is 412 g/mol. The number of hydrogen-bond donors (Lipinski definition) is 0. The van der Waals surface area contributed by atoms with Crippen LogP contribution in [0.25, 0.3) is 0 Å². The van der Waals surface area contributed by atoms with Crippen molar-refractivity contribution in [1.29, 1.82) is 0 Å². The van der Waals surface area contributed by atoms with E-state index in [4.69, 9.17) is 0 Å². The summed E-state index contributed by atoms with van der Waals surface area (Å²) in [6.07, 6.45) is 0.0218. The molecule has 1 aliphatic heterocycles. The molecule has 0 saturated carbocycles. The van der Waals surface area contributed by atoms with Crippen molar-refractivity contribution in [3.05, 3.63) is 35.4 Å². The largest absolute Gasteiger partial charge is 0.416 e. The molecule has 0 unspecified atom stereocenters. The Bertz CT molecular complexity index is 699. The molecular formula is C23H32F3NO2. The third kappa shape index (κ3) is 7.57. The molecule has 2 rings (SSSR count). The van der Waals surface area contributed by atoms with Gasteiger partial charge in [0.2, 0.25) is 0 Å². The van der Waals surface area contributed by atoms with Crippen molar-refractivity contribution in [3.8, 4) is 0 Å². The van der Waals surface area contributed by atoms with Gasteiger partial charge in [-0.05, 0) is 63.4 Å². The van der Waals surface area contributed by atoms with Gasteiger partial charge in [-0.3, -0.25) is 9.59 Å². The van der Waals surface area contributed by atoms with Crippen LogP contribution in [-0.4, -0.2) is 36.1 Å². The van der Waals surface area contributed by atoms with E-state index in [1.54, 1.807) is 0 Å². The van der Waals surface area contributed by atoms with E-state index >= 15 is 0 Å². The summed E-state index contributed by atoms with van der Waals surface area (Å²) in [5.41, 5.74) is -0.915. The van der Waals surface area contributed by atoms with Gasteiger partial charge in [0.15, 0.2) is 5.78 Å². The molecule has 3 nitrogen and oxygen atoms in total. The normalized spacial score (nSPS) is 16.8. The van der Waals surface area contributed by atoms with Crippen molar-refractivity contribution in [3.63, 3.8) is 0 Å². The Labute approximate surface area is 171 Å². The summed E-state index contributed by atoms with van der Waals surface area (Å²) >= 11 is 0. The fourth-order valence-corrected chi connectivity index (χ4v) is 3.69. The first-order chi connectivity index (χ1) is 13.5. The molecule has 1 heterocycles. The van der Waals surface area contributed by atoms with E-state index in [1.165, 1.54) is 12.1 Å². The van der Waals surface area contributed by atoms with E-state index in [2.05, 4.69) is 4.90 Å². The minimum atomic E-state index is -4.43. The Balaban J connectivity index is 1.71. The van der Waals surface area contributed by atoms with Gasteiger partial charge in [-0.15, -0.1) is 0 Å². The maximum Gasteiger partial charge on any atom is 0.416 e. The van der Waals surface area contributed by atoms with E-state index in [0.717, 1.165) is 51.0 Å². The number of carbonyl (C=O) groups excluding carboxylic acids is 2. The van der Waals surface area contributed by atoms with E-state index in [-0.39, 0.29) is 23.2 Å². The van der Waals surface area contributed by atoms with Crippen LogP contribution in [0, 0.1) is 11.3 Å². The molecule has 0 radical (unpaired) electrons. The number of halogens is 3. The summed E-state index contributed by atoms with van der Waals surface area (Å²) in [5, 5.41) is 0. The Hall–Kier alpha value is -1.69. The molecule has 1 aromatic rings. The first-order valence-corrected chi connectivity index (χ1v) is 10.4. The maximum atomic E-state index is 12.8. The zero-order chi connectivity index (χ0) is 21.7. The Kier molecular flexibility index (Phi) is 8.03. The standard InChI is InChI=1S/C23H32F3NO2/c1-22(2,3)21(29)8-5-13-27-14-11-17(12-15-27)9-10-20(28)18-6-4-7-19(16-18)23(24,25)26/h4,6-7,16-17H,5,8-15H2,1-3H3. The number of benzene rings is 1. The molecule has 6 heteroatoms. The average Bonchev–Trinajstić information content (AvgIpc) is 2.65. The number of likely N-dealkylation sites (tertiary alicyclic amines) is 1. The van der Waals surface area contributed by atoms with Crippen LogP contribution in [-0.2, 0) is 11.0 Å². The molecule has 0 aromatic heterocycles. The number of alkyl halides is 3. The summed E-state index contributed by atoms with van der Waals surface area (Å²) in [6.45, 7) is 8.65. The highest BCUT2D eigenvalue weighted by Gasteiger charge is 2.31. The maximum absolute atomic E-state index is 12.8. The minimum absolute atomic E-state index is 0.140. The van der Waals surface area contributed by atoms with Gasteiger partial charge in [-0.25, -0.2) is 0 Å². The lowest BCUT2D eigenvalue weighted by molar-refractivity contribution is -0.137. The predicted molar refractivity (Wildman–Crippen MR) is 108 cm³/mol. The van der Waals surface area contributed by atoms with Crippen molar-refractivity contribution in [2.24, 2.45) is 11.3 Å². The van der Waals surface area contributed by atoms with Crippen molar-refractivity contribution in [2.45, 2.75) is 65.5 Å². The second kappa shape index (κ2) is 9.88. The predicted octanol–water partition coefficient (Wildman–Crippen LogP) is 5.78. The van der Waals surface area contributed by atoms with Gasteiger partial charge in [0.1, 0.15) is 5.78 Å². The van der Waals surface area contributed by atoms with Gasteiger partial charge in [-0.2, -0.15) is 13.2 Å². The summed E-state index contributed by atoms with van der Waals surface area (Å²) in [7, 11) is 0. The molecule has 0 spiro atoms. The summed E-state index contributed by atoms with van der Waals surface area (Å²) in [4.78, 5) is 26.7. The number of carbonyl (C=O) groups is 2. The van der Waals surface area contributed by atoms with E-state index < -0.39 is 11.7 Å². The number of Topliss-reactive ketones (excluding diaryl/α,β-unsaturated/α-hetero) is 2. The van der Waals surface area contributed by atoms with Crippen molar-refractivity contribution in [1.82, 2.24) is 4.90 Å². The molecule has 1 aliphatic rings. The van der Waals surface area contributed by atoms with Gasteiger partial charge >= 0.3 is 6.18 Å². The molecular weight excluding hydrogens is 379 g/mol. The van der Waals surface area contributed by atoms with Crippen LogP contribution in [0.4, 0.5) is 13.2 Å². The van der Waals surface area contributed by atoms with Gasteiger partial charge in [-0.1, -0.05) is 32.9 Å². The summed E-state index contributed by atoms with van der Waals surface area (Å²) in [6, 6.07) is 4.68. The number of ketones is 2. The molecule has 0 amide bonds. The van der Waals surface area contributed by atoms with Crippen LogP contribution in [0.1, 0.15) is 75.2 Å². The number of nitrogens with zero attached hydrogens (tertiary/aromatic N) is 1. The highest BCUT2D eigenvalue weighted by atomic mass is 19.4. The molecule has 0 N–H and O–H groups in total. The zero-order valence-electron chi connectivity index (χ0n) is 17.6. The van der Waals surface area contributed by atoms with Crippen LogP contribution >= 0.6 is 0 Å². The van der Waals surface area contributed by atoms with Crippen LogP contribution in [0.2, 0.25) is 0 Å². The van der Waals surface area contributed by atoms with Gasteiger partial charge in [0.05, 0.1) is 5.56 Å². The molecule has 1 saturated heterocycles. The monoisotopic (exact) mass is 411 g/mol. The summed E-state index contributed by atoms with van der Waals surface area (Å²) in [5.74, 6) is 0.497. The van der Waals surface area contributed by atoms with E-state index in [9.17, 15) is 22.8 Å². The van der Waals surface area contributed by atoms with Crippen molar-refractivity contribution in [2.75, 3.05) is 19.6 Å². The Morgan fingerprint density at radius 1 is 1.07 bits per heavy atom. The Morgan fingerprint density at radius 3 is 2.31 bits per heavy atom. The van der Waals surface area contributed by atoms with Gasteiger partial charge < -0.3 is 4.90 Å². The topological polar surface area (TPSA) is 37.4 Å². The molecule has 1 aromatic carbocycles. The van der Waals surface area contributed by atoms with Crippen molar-refractivity contribution < 1.29 is 22.8 Å². The molecule has 0 atom stereocenters. The second-order valence-electron chi connectivity index (χ2n) is 9.10. The highest BCUT2D eigenvalue weighted by molar-refractivity contribution is 5.96. The molecule has 0 aliphatic carbocycles. The quantitative estimate of drug-likeness (QED) is 0.509. The fraction of sp³-hybridized carbons (Fsp3) is 0.652. The SMILES string of the molecule is CC(C)(C)C(=O)CCCN1CCC(CCC(=O)c2cccc(C(F)(F)F)c2)CC1. The first kappa shape index (κ1) is 23.6. The Morgan fingerprint density at radius 2 is 1.72 bits per heavy atom. The molecule has 162 valence electrons.